The van der Waals surface area contributed by atoms with E-state index in [4.69, 9.17) is 4.74 Å². The second kappa shape index (κ2) is 8.30. The molecule has 68 valence electrons. The molecule has 0 aliphatic rings. The van der Waals surface area contributed by atoms with E-state index in [-0.39, 0.29) is 25.2 Å². The van der Waals surface area contributed by atoms with Crippen molar-refractivity contribution in [3.63, 3.8) is 0 Å². The molecule has 0 bridgehead atoms. The number of alkyl halides is 1. The quantitative estimate of drug-likeness (QED) is 0.280. The third-order valence-electron chi connectivity index (χ3n) is 1.11. The molecule has 0 aromatic heterocycles. The van der Waals surface area contributed by atoms with Crippen LogP contribution in [0.25, 0.3) is 0 Å². The van der Waals surface area contributed by atoms with Crippen molar-refractivity contribution in [3.8, 4) is 0 Å². The number of rotatable bonds is 6. The summed E-state index contributed by atoms with van der Waals surface area (Å²) in [4.78, 5) is 10.9. The fourth-order valence-corrected chi connectivity index (χ4v) is 1.93. The number of unbranched alkanes of at least 4 members (excludes halogenated alkanes) is 1. The summed E-state index contributed by atoms with van der Waals surface area (Å²) < 4.78 is 6.12. The molecule has 0 saturated heterocycles. The first-order valence-electron chi connectivity index (χ1n) is 4.07. The zero-order chi connectivity index (χ0) is 8.53. The molecule has 11 heavy (non-hydrogen) atoms. The van der Waals surface area contributed by atoms with Crippen LogP contribution in [0.1, 0.15) is 33.1 Å². The predicted octanol–water partition coefficient (Wildman–Crippen LogP) is -0.578. The fourth-order valence-electron chi connectivity index (χ4n) is 0.507. The molecule has 0 unspecified atom stereocenters. The van der Waals surface area contributed by atoms with Crippen LogP contribution in [0, 0.1) is 0 Å². The number of hydrogen-bond donors (Lipinski definition) is 0. The van der Waals surface area contributed by atoms with E-state index in [1.807, 2.05) is 0 Å². The molecule has 0 fully saturated rings. The van der Waals surface area contributed by atoms with Crippen molar-refractivity contribution in [1.82, 2.24) is 0 Å². The Morgan fingerprint density at radius 1 is 1.36 bits per heavy atom. The number of hydrogen-bond acceptors (Lipinski definition) is 2. The van der Waals surface area contributed by atoms with Crippen molar-refractivity contribution in [2.75, 3.05) is 11.0 Å². The Kier molecular flexibility index (Phi) is 8.45. The Hall–Kier alpha value is 0.200. The van der Waals surface area contributed by atoms with Crippen molar-refractivity contribution < 1.29 is 30.7 Å². The minimum atomic E-state index is -0.317. The molecule has 0 heterocycles. The van der Waals surface area contributed by atoms with Gasteiger partial charge in [-0.05, 0) is 0 Å². The average Bonchev–Trinajstić information content (AvgIpc) is 2.01. The van der Waals surface area contributed by atoms with Crippen molar-refractivity contribution in [3.05, 3.63) is 0 Å². The molecule has 0 aromatic rings. The van der Waals surface area contributed by atoms with Gasteiger partial charge in [0.15, 0.2) is 0 Å². The second-order valence-electron chi connectivity index (χ2n) is 2.26. The Morgan fingerprint density at radius 3 is 2.64 bits per heavy atom. The second-order valence-corrected chi connectivity index (χ2v) is 4.98. The van der Waals surface area contributed by atoms with Crippen LogP contribution in [-0.4, -0.2) is 15.0 Å². The van der Waals surface area contributed by atoms with Crippen LogP contribution in [0.2, 0.25) is 0 Å². The van der Waals surface area contributed by atoms with E-state index in [0.717, 1.165) is 23.7 Å². The zero-order valence-electron chi connectivity index (χ0n) is 7.23. The number of ether oxygens (including phenoxy) is 1. The Morgan fingerprint density at radius 2 is 2.09 bits per heavy atom. The van der Waals surface area contributed by atoms with Gasteiger partial charge in [-0.2, -0.15) is 0 Å². The summed E-state index contributed by atoms with van der Waals surface area (Å²) >= 11 is -0.317. The van der Waals surface area contributed by atoms with Crippen LogP contribution in [-0.2, 0) is 4.74 Å². The van der Waals surface area contributed by atoms with E-state index in [9.17, 15) is 4.79 Å². The van der Waals surface area contributed by atoms with Gasteiger partial charge in [-0.1, -0.05) is 0 Å². The molecule has 0 saturated carbocycles. The van der Waals surface area contributed by atoms with Gasteiger partial charge in [-0.3, -0.25) is 0 Å². The van der Waals surface area contributed by atoms with Crippen LogP contribution in [0.15, 0.2) is 0 Å². The Labute approximate surface area is 79.0 Å². The van der Waals surface area contributed by atoms with Gasteiger partial charge in [0.05, 0.1) is 0 Å². The molecular formula is C8H16IO2-. The van der Waals surface area contributed by atoms with E-state index in [1.54, 1.807) is 0 Å². The van der Waals surface area contributed by atoms with Crippen LogP contribution in [0.3, 0.4) is 0 Å². The molecule has 3 heteroatoms. The molecular weight excluding hydrogens is 255 g/mol. The standard InChI is InChI=1S/C8H16IO2/c1-3-5-7-11-8(10)9-6-4-2/h3-7H2,1-2H3/q-1. The molecule has 0 spiro atoms. The van der Waals surface area contributed by atoms with Crippen molar-refractivity contribution >= 4 is 3.98 Å². The summed E-state index contributed by atoms with van der Waals surface area (Å²) in [6.07, 6.45) is 3.21. The van der Waals surface area contributed by atoms with E-state index < -0.39 is 0 Å². The van der Waals surface area contributed by atoms with E-state index in [0.29, 0.717) is 6.61 Å². The van der Waals surface area contributed by atoms with Crippen molar-refractivity contribution in [2.24, 2.45) is 0 Å². The maximum atomic E-state index is 10.9. The summed E-state index contributed by atoms with van der Waals surface area (Å²) in [5, 5.41) is 0. The van der Waals surface area contributed by atoms with Crippen molar-refractivity contribution in [2.45, 2.75) is 33.1 Å². The predicted molar refractivity (Wildman–Crippen MR) is 41.4 cm³/mol. The van der Waals surface area contributed by atoms with E-state index in [2.05, 4.69) is 13.8 Å². The zero-order valence-corrected chi connectivity index (χ0v) is 9.39. The van der Waals surface area contributed by atoms with Gasteiger partial charge in [0.1, 0.15) is 0 Å². The molecule has 0 radical (unpaired) electrons. The maximum absolute atomic E-state index is 10.9. The summed E-state index contributed by atoms with van der Waals surface area (Å²) in [6.45, 7) is 4.81. The van der Waals surface area contributed by atoms with Crippen LogP contribution >= 0.6 is 0 Å². The summed E-state index contributed by atoms with van der Waals surface area (Å²) in [5.74, 6) is 0. The van der Waals surface area contributed by atoms with E-state index in [1.165, 1.54) is 0 Å². The molecule has 0 atom stereocenters. The molecule has 0 aliphatic carbocycles. The molecule has 0 aromatic carbocycles. The van der Waals surface area contributed by atoms with Crippen LogP contribution in [0.5, 0.6) is 0 Å². The van der Waals surface area contributed by atoms with Crippen LogP contribution in [0.4, 0.5) is 4.79 Å². The summed E-state index contributed by atoms with van der Waals surface area (Å²) in [6, 6.07) is 0. The molecule has 0 aliphatic heterocycles. The third kappa shape index (κ3) is 8.10. The number of carbonyl (C=O) groups excluding carboxylic acids is 1. The normalized spacial score (nSPS) is 10.0. The van der Waals surface area contributed by atoms with Gasteiger partial charge < -0.3 is 0 Å². The fraction of sp³-hybridized carbons (Fsp3) is 0.875. The third-order valence-corrected chi connectivity index (χ3v) is 3.66. The topological polar surface area (TPSA) is 26.3 Å². The molecule has 2 nitrogen and oxygen atoms in total. The van der Waals surface area contributed by atoms with Gasteiger partial charge in [0, 0.05) is 0 Å². The van der Waals surface area contributed by atoms with Crippen LogP contribution < -0.4 is 21.2 Å². The van der Waals surface area contributed by atoms with Gasteiger partial charge in [0.25, 0.3) is 0 Å². The first-order chi connectivity index (χ1) is 5.31. The SMILES string of the molecule is CCCCOC(=O)[I-]CCC. The summed E-state index contributed by atoms with van der Waals surface area (Å²) in [7, 11) is 0. The van der Waals surface area contributed by atoms with Gasteiger partial charge in [0.2, 0.25) is 0 Å². The van der Waals surface area contributed by atoms with Gasteiger partial charge >= 0.3 is 78.9 Å². The number of halogens is 1. The van der Waals surface area contributed by atoms with Crippen molar-refractivity contribution in [1.29, 1.82) is 0 Å². The first-order valence-corrected chi connectivity index (χ1v) is 6.67. The molecule has 0 N–H and O–H groups in total. The summed E-state index contributed by atoms with van der Waals surface area (Å²) in [5.41, 5.74) is 0. The molecule has 0 rings (SSSR count). The Bertz CT molecular complexity index is 104. The van der Waals surface area contributed by atoms with Gasteiger partial charge in [-0.15, -0.1) is 0 Å². The average molecular weight is 271 g/mol. The van der Waals surface area contributed by atoms with E-state index >= 15 is 0 Å². The Balaban J connectivity index is 3.09. The first kappa shape index (κ1) is 11.2. The molecule has 0 amide bonds. The van der Waals surface area contributed by atoms with Gasteiger partial charge in [-0.25, -0.2) is 0 Å². The minimum absolute atomic E-state index is 0.0686. The monoisotopic (exact) mass is 271 g/mol. The number of carbonyl (C=O) groups is 1.